The van der Waals surface area contributed by atoms with Gasteiger partial charge < -0.3 is 14.8 Å². The fraction of sp³-hybridized carbons (Fsp3) is 0.273. The number of halogens is 1. The molecule has 4 heteroatoms. The van der Waals surface area contributed by atoms with E-state index in [9.17, 15) is 0 Å². The Balaban J connectivity index is 0.00000243. The van der Waals surface area contributed by atoms with Gasteiger partial charge in [0.15, 0.2) is 0 Å². The molecule has 0 aromatic heterocycles. The number of ether oxygens (including phenoxy) is 2. The number of methoxy groups -OCH3 is 1. The maximum absolute atomic E-state index is 6.16. The molecular weight excluding hydrogens is 346 g/mol. The number of hydrogen-bond acceptors (Lipinski definition) is 3. The van der Waals surface area contributed by atoms with Crippen LogP contribution < -0.4 is 10.1 Å². The molecule has 0 atom stereocenters. The first-order valence-corrected chi connectivity index (χ1v) is 8.66. The Labute approximate surface area is 161 Å². The minimum atomic E-state index is 0. The standard InChI is InChI=1S/C22H25NO2.ClH/c1-17-7-9-18(10-8-17)16-25-22-12-11-19-5-3-4-6-20(19)21(22)15-23-13-14-24-2;/h3-12,23H,13-16H2,1-2H3;1H. The zero-order valence-electron chi connectivity index (χ0n) is 15.3. The van der Waals surface area contributed by atoms with Gasteiger partial charge in [-0.1, -0.05) is 60.2 Å². The molecule has 3 rings (SSSR count). The maximum Gasteiger partial charge on any atom is 0.124 e. The van der Waals surface area contributed by atoms with Crippen molar-refractivity contribution in [3.8, 4) is 5.75 Å². The molecule has 0 radical (unpaired) electrons. The Bertz CT molecular complexity index is 818. The highest BCUT2D eigenvalue weighted by molar-refractivity contribution is 5.87. The number of benzene rings is 3. The Morgan fingerprint density at radius 2 is 1.69 bits per heavy atom. The lowest BCUT2D eigenvalue weighted by Crippen LogP contribution is -2.19. The Kier molecular flexibility index (Phi) is 7.92. The lowest BCUT2D eigenvalue weighted by molar-refractivity contribution is 0.199. The minimum Gasteiger partial charge on any atom is -0.489 e. The highest BCUT2D eigenvalue weighted by atomic mass is 35.5. The Morgan fingerprint density at radius 3 is 2.46 bits per heavy atom. The first kappa shape index (κ1) is 20.2. The van der Waals surface area contributed by atoms with Crippen LogP contribution in [0.15, 0.2) is 60.7 Å². The molecule has 0 heterocycles. The van der Waals surface area contributed by atoms with Crippen molar-refractivity contribution < 1.29 is 9.47 Å². The van der Waals surface area contributed by atoms with Crippen LogP contribution in [0.4, 0.5) is 0 Å². The average Bonchev–Trinajstić information content (AvgIpc) is 2.65. The molecule has 3 aromatic rings. The van der Waals surface area contributed by atoms with Crippen LogP contribution in [0.25, 0.3) is 10.8 Å². The van der Waals surface area contributed by atoms with Gasteiger partial charge >= 0.3 is 0 Å². The van der Waals surface area contributed by atoms with E-state index in [1.807, 2.05) is 0 Å². The number of hydrogen-bond donors (Lipinski definition) is 1. The molecule has 26 heavy (non-hydrogen) atoms. The summed E-state index contributed by atoms with van der Waals surface area (Å²) in [5.41, 5.74) is 3.64. The molecule has 0 aliphatic rings. The second kappa shape index (κ2) is 10.2. The van der Waals surface area contributed by atoms with Crippen molar-refractivity contribution in [1.29, 1.82) is 0 Å². The summed E-state index contributed by atoms with van der Waals surface area (Å²) in [6.07, 6.45) is 0. The number of aryl methyl sites for hydroxylation is 1. The fourth-order valence-electron chi connectivity index (χ4n) is 2.87. The van der Waals surface area contributed by atoms with Crippen LogP contribution in [-0.4, -0.2) is 20.3 Å². The SMILES string of the molecule is COCCNCc1c(OCc2ccc(C)cc2)ccc2ccccc12.Cl. The van der Waals surface area contributed by atoms with E-state index < -0.39 is 0 Å². The number of fused-ring (bicyclic) bond motifs is 1. The molecule has 3 aromatic carbocycles. The lowest BCUT2D eigenvalue weighted by atomic mass is 10.0. The predicted molar refractivity (Wildman–Crippen MR) is 110 cm³/mol. The van der Waals surface area contributed by atoms with E-state index >= 15 is 0 Å². The summed E-state index contributed by atoms with van der Waals surface area (Å²) in [6, 6.07) is 21.1. The molecule has 0 unspecified atom stereocenters. The quantitative estimate of drug-likeness (QED) is 0.572. The molecule has 3 nitrogen and oxygen atoms in total. The van der Waals surface area contributed by atoms with Crippen LogP contribution in [0.2, 0.25) is 0 Å². The first-order valence-electron chi connectivity index (χ1n) is 8.66. The van der Waals surface area contributed by atoms with Crippen LogP contribution in [-0.2, 0) is 17.9 Å². The molecule has 138 valence electrons. The third-order valence-electron chi connectivity index (χ3n) is 4.30. The van der Waals surface area contributed by atoms with Gasteiger partial charge in [-0.15, -0.1) is 12.4 Å². The molecule has 0 spiro atoms. The second-order valence-corrected chi connectivity index (χ2v) is 6.21. The highest BCUT2D eigenvalue weighted by Crippen LogP contribution is 2.28. The van der Waals surface area contributed by atoms with Crippen LogP contribution >= 0.6 is 12.4 Å². The molecular formula is C22H26ClNO2. The third-order valence-corrected chi connectivity index (χ3v) is 4.30. The maximum atomic E-state index is 6.16. The van der Waals surface area contributed by atoms with Crippen LogP contribution in [0.1, 0.15) is 16.7 Å². The van der Waals surface area contributed by atoms with E-state index in [-0.39, 0.29) is 12.4 Å². The molecule has 0 aliphatic heterocycles. The fourth-order valence-corrected chi connectivity index (χ4v) is 2.87. The van der Waals surface area contributed by atoms with Gasteiger partial charge in [-0.05, 0) is 29.3 Å². The zero-order chi connectivity index (χ0) is 17.5. The molecule has 0 saturated carbocycles. The average molecular weight is 372 g/mol. The summed E-state index contributed by atoms with van der Waals surface area (Å²) in [5.74, 6) is 0.934. The summed E-state index contributed by atoms with van der Waals surface area (Å²) in [4.78, 5) is 0. The van der Waals surface area contributed by atoms with Gasteiger partial charge in [0.2, 0.25) is 0 Å². The van der Waals surface area contributed by atoms with Gasteiger partial charge in [-0.3, -0.25) is 0 Å². The van der Waals surface area contributed by atoms with Crippen molar-refractivity contribution in [2.75, 3.05) is 20.3 Å². The smallest absolute Gasteiger partial charge is 0.124 e. The first-order chi connectivity index (χ1) is 12.3. The topological polar surface area (TPSA) is 30.5 Å². The summed E-state index contributed by atoms with van der Waals surface area (Å²) in [6.45, 7) is 4.94. The van der Waals surface area contributed by atoms with E-state index in [0.29, 0.717) is 13.2 Å². The van der Waals surface area contributed by atoms with E-state index in [2.05, 4.69) is 72.9 Å². The predicted octanol–water partition coefficient (Wildman–Crippen LogP) is 4.89. The zero-order valence-corrected chi connectivity index (χ0v) is 16.1. The molecule has 0 amide bonds. The minimum absolute atomic E-state index is 0. The molecule has 0 aliphatic carbocycles. The highest BCUT2D eigenvalue weighted by Gasteiger charge is 2.09. The summed E-state index contributed by atoms with van der Waals surface area (Å²) >= 11 is 0. The summed E-state index contributed by atoms with van der Waals surface area (Å²) < 4.78 is 11.3. The molecule has 0 bridgehead atoms. The Hall–Kier alpha value is -2.07. The van der Waals surface area contributed by atoms with Gasteiger partial charge in [0.05, 0.1) is 6.61 Å². The van der Waals surface area contributed by atoms with Crippen LogP contribution in [0.3, 0.4) is 0 Å². The van der Waals surface area contributed by atoms with Gasteiger partial charge in [0.25, 0.3) is 0 Å². The molecule has 0 saturated heterocycles. The molecule has 1 N–H and O–H groups in total. The second-order valence-electron chi connectivity index (χ2n) is 6.21. The van der Waals surface area contributed by atoms with Crippen LogP contribution in [0, 0.1) is 6.92 Å². The largest absolute Gasteiger partial charge is 0.489 e. The van der Waals surface area contributed by atoms with E-state index in [1.165, 1.54) is 27.5 Å². The van der Waals surface area contributed by atoms with Crippen molar-refractivity contribution in [3.05, 3.63) is 77.4 Å². The van der Waals surface area contributed by atoms with Gasteiger partial charge in [-0.2, -0.15) is 0 Å². The monoisotopic (exact) mass is 371 g/mol. The van der Waals surface area contributed by atoms with Crippen molar-refractivity contribution in [3.63, 3.8) is 0 Å². The van der Waals surface area contributed by atoms with E-state index in [4.69, 9.17) is 9.47 Å². The summed E-state index contributed by atoms with van der Waals surface area (Å²) in [7, 11) is 1.72. The van der Waals surface area contributed by atoms with E-state index in [0.717, 1.165) is 18.8 Å². The molecule has 0 fully saturated rings. The summed E-state index contributed by atoms with van der Waals surface area (Å²) in [5, 5.41) is 5.90. The van der Waals surface area contributed by atoms with Crippen LogP contribution in [0.5, 0.6) is 5.75 Å². The van der Waals surface area contributed by atoms with Gasteiger partial charge in [-0.25, -0.2) is 0 Å². The van der Waals surface area contributed by atoms with Crippen molar-refractivity contribution >= 4 is 23.2 Å². The number of nitrogens with one attached hydrogen (secondary N) is 1. The number of rotatable bonds is 8. The van der Waals surface area contributed by atoms with Gasteiger partial charge in [0.1, 0.15) is 12.4 Å². The Morgan fingerprint density at radius 1 is 0.923 bits per heavy atom. The van der Waals surface area contributed by atoms with Crippen molar-refractivity contribution in [1.82, 2.24) is 5.32 Å². The van der Waals surface area contributed by atoms with Crippen molar-refractivity contribution in [2.45, 2.75) is 20.1 Å². The lowest BCUT2D eigenvalue weighted by Gasteiger charge is -2.15. The normalized spacial score (nSPS) is 10.5. The van der Waals surface area contributed by atoms with Gasteiger partial charge in [0, 0.05) is 25.8 Å². The third kappa shape index (κ3) is 5.21. The van der Waals surface area contributed by atoms with E-state index in [1.54, 1.807) is 7.11 Å². The van der Waals surface area contributed by atoms with Crippen molar-refractivity contribution in [2.24, 2.45) is 0 Å².